The summed E-state index contributed by atoms with van der Waals surface area (Å²) in [5.74, 6) is 0. The zero-order valence-corrected chi connectivity index (χ0v) is 36.2. The molecule has 0 amide bonds. The van der Waals surface area contributed by atoms with E-state index in [0.29, 0.717) is 0 Å². The Morgan fingerprint density at radius 1 is 0.277 bits per heavy atom. The van der Waals surface area contributed by atoms with Crippen LogP contribution in [0.2, 0.25) is 0 Å². The number of hydrogen-bond donors (Lipinski definition) is 0. The van der Waals surface area contributed by atoms with Crippen LogP contribution >= 0.6 is 0 Å². The third kappa shape index (κ3) is 5.60. The van der Waals surface area contributed by atoms with Crippen molar-refractivity contribution in [2.24, 2.45) is 0 Å². The summed E-state index contributed by atoms with van der Waals surface area (Å²) < 4.78 is 0. The summed E-state index contributed by atoms with van der Waals surface area (Å²) in [6, 6.07) is 75.6. The normalized spacial score (nSPS) is 12.9. The number of nitrogens with zero attached hydrogens (tertiary/aromatic N) is 2. The first-order valence-electron chi connectivity index (χ1n) is 22.6. The molecule has 65 heavy (non-hydrogen) atoms. The van der Waals surface area contributed by atoms with E-state index < -0.39 is 0 Å². The minimum Gasteiger partial charge on any atom is -0.256 e. The van der Waals surface area contributed by atoms with Crippen molar-refractivity contribution in [1.82, 2.24) is 9.97 Å². The fourth-order valence-corrected chi connectivity index (χ4v) is 11.2. The van der Waals surface area contributed by atoms with E-state index in [1.54, 1.807) is 0 Å². The summed E-state index contributed by atoms with van der Waals surface area (Å²) in [5, 5.41) is 9.68. The highest BCUT2D eigenvalue weighted by Crippen LogP contribution is 2.53. The summed E-state index contributed by atoms with van der Waals surface area (Å²) in [7, 11) is 0. The molecule has 0 saturated carbocycles. The van der Waals surface area contributed by atoms with E-state index in [-0.39, 0.29) is 5.41 Å². The van der Waals surface area contributed by atoms with Crippen molar-refractivity contribution in [3.05, 3.63) is 230 Å². The minimum atomic E-state index is -0.231. The van der Waals surface area contributed by atoms with Crippen molar-refractivity contribution in [2.75, 3.05) is 0 Å². The molecule has 2 nitrogen and oxygen atoms in total. The minimum absolute atomic E-state index is 0.231. The molecule has 0 spiro atoms. The van der Waals surface area contributed by atoms with Crippen molar-refractivity contribution in [3.63, 3.8) is 0 Å². The molecule has 0 aliphatic heterocycles. The van der Waals surface area contributed by atoms with E-state index in [4.69, 9.17) is 9.97 Å². The molecule has 0 bridgehead atoms. The van der Waals surface area contributed by atoms with Gasteiger partial charge in [0.1, 0.15) is 0 Å². The number of benzene rings is 10. The quantitative estimate of drug-likeness (QED) is 0.162. The van der Waals surface area contributed by atoms with Crippen LogP contribution in [0.1, 0.15) is 25.0 Å². The molecule has 0 fully saturated rings. The van der Waals surface area contributed by atoms with Gasteiger partial charge in [0.25, 0.3) is 0 Å². The monoisotopic (exact) mass is 826 g/mol. The molecular weight excluding hydrogens is 785 g/mol. The second-order valence-electron chi connectivity index (χ2n) is 18.0. The molecule has 0 unspecified atom stereocenters. The lowest BCUT2D eigenvalue weighted by Crippen LogP contribution is -2.15. The first-order valence-corrected chi connectivity index (χ1v) is 22.6. The average molecular weight is 827 g/mol. The third-order valence-electron chi connectivity index (χ3n) is 14.2. The second-order valence-corrected chi connectivity index (χ2v) is 18.0. The van der Waals surface area contributed by atoms with E-state index in [0.717, 1.165) is 16.4 Å². The molecule has 0 radical (unpaired) electrons. The van der Waals surface area contributed by atoms with Gasteiger partial charge in [-0.3, -0.25) is 9.97 Å². The van der Waals surface area contributed by atoms with E-state index in [9.17, 15) is 0 Å². The van der Waals surface area contributed by atoms with Crippen LogP contribution in [0.5, 0.6) is 0 Å². The van der Waals surface area contributed by atoms with Crippen LogP contribution in [0.15, 0.2) is 219 Å². The number of pyridine rings is 2. The standard InChI is InChI=1S/C63H42N2/c1-63(2)55-37-41(29-31-46(55)47-32-30-42(38-56(47)63)57-48-23-11-12-24-49(48)58(39-17-5-3-6-18-39)61-53(57)27-15-35-64-61)43-33-34-52(45-22-10-9-21-44(43)45)60-51-26-14-13-25-50(51)59(40-19-7-4-8-20-40)62-54(60)28-16-36-65-62/h3-38H,1-2H3. The van der Waals surface area contributed by atoms with E-state index >= 15 is 0 Å². The molecule has 0 atom stereocenters. The highest BCUT2D eigenvalue weighted by Gasteiger charge is 2.36. The molecule has 0 N–H and O–H groups in total. The predicted molar refractivity (Wildman–Crippen MR) is 274 cm³/mol. The van der Waals surface area contributed by atoms with E-state index in [1.807, 2.05) is 12.4 Å². The van der Waals surface area contributed by atoms with Gasteiger partial charge in [0.2, 0.25) is 0 Å². The Morgan fingerprint density at radius 2 is 0.662 bits per heavy atom. The number of fused-ring (bicyclic) bond motifs is 8. The van der Waals surface area contributed by atoms with Crippen molar-refractivity contribution in [3.8, 4) is 66.8 Å². The summed E-state index contributed by atoms with van der Waals surface area (Å²) in [6.07, 6.45) is 3.85. The van der Waals surface area contributed by atoms with Crippen LogP contribution in [0.3, 0.4) is 0 Å². The Bertz CT molecular complexity index is 3790. The average Bonchev–Trinajstić information content (AvgIpc) is 3.59. The van der Waals surface area contributed by atoms with Gasteiger partial charge in [-0.1, -0.05) is 196 Å². The molecule has 304 valence electrons. The van der Waals surface area contributed by atoms with Gasteiger partial charge in [-0.25, -0.2) is 0 Å². The lowest BCUT2D eigenvalue weighted by atomic mass is 9.80. The molecule has 1 aliphatic carbocycles. The van der Waals surface area contributed by atoms with Gasteiger partial charge in [0.05, 0.1) is 11.0 Å². The SMILES string of the molecule is CC1(C)c2cc(-c3ccc(-c4c5ccccc5c(-c5ccccc5)c5ncccc45)c4ccccc34)ccc2-c2ccc(-c3c4ccccc4c(-c4ccccc4)c4ncccc34)cc21. The van der Waals surface area contributed by atoms with Crippen LogP contribution in [-0.2, 0) is 5.41 Å². The zero-order chi connectivity index (χ0) is 43.2. The molecule has 0 saturated heterocycles. The Balaban J connectivity index is 0.952. The van der Waals surface area contributed by atoms with Crippen LogP contribution in [0.4, 0.5) is 0 Å². The topological polar surface area (TPSA) is 25.8 Å². The van der Waals surface area contributed by atoms with Crippen molar-refractivity contribution < 1.29 is 0 Å². The third-order valence-corrected chi connectivity index (χ3v) is 14.2. The lowest BCUT2D eigenvalue weighted by Gasteiger charge is -2.23. The molecule has 2 aromatic heterocycles. The molecule has 10 aromatic carbocycles. The first-order chi connectivity index (χ1) is 32.0. The van der Waals surface area contributed by atoms with Crippen LogP contribution in [0, 0.1) is 0 Å². The maximum Gasteiger partial charge on any atom is 0.0792 e. The number of hydrogen-bond acceptors (Lipinski definition) is 2. The second kappa shape index (κ2) is 14.4. The Hall–Kier alpha value is -8.20. The highest BCUT2D eigenvalue weighted by molar-refractivity contribution is 6.24. The van der Waals surface area contributed by atoms with Gasteiger partial charge < -0.3 is 0 Å². The zero-order valence-electron chi connectivity index (χ0n) is 36.2. The smallest absolute Gasteiger partial charge is 0.0792 e. The predicted octanol–water partition coefficient (Wildman–Crippen LogP) is 16.9. The number of rotatable bonds is 5. The van der Waals surface area contributed by atoms with Gasteiger partial charge in [0, 0.05) is 39.7 Å². The van der Waals surface area contributed by atoms with Crippen molar-refractivity contribution in [2.45, 2.75) is 19.3 Å². The molecule has 12 aromatic rings. The van der Waals surface area contributed by atoms with Crippen molar-refractivity contribution >= 4 is 54.1 Å². The van der Waals surface area contributed by atoms with Crippen molar-refractivity contribution in [1.29, 1.82) is 0 Å². The Labute approximate surface area is 378 Å². The van der Waals surface area contributed by atoms with Crippen LogP contribution in [0.25, 0.3) is 121 Å². The first kappa shape index (κ1) is 37.4. The fraction of sp³-hybridized carbons (Fsp3) is 0.0476. The maximum atomic E-state index is 5.06. The maximum absolute atomic E-state index is 5.06. The summed E-state index contributed by atoms with van der Waals surface area (Å²) >= 11 is 0. The Morgan fingerprint density at radius 3 is 1.22 bits per heavy atom. The molecular formula is C63H42N2. The van der Waals surface area contributed by atoms with E-state index in [2.05, 4.69) is 220 Å². The Kier molecular flexibility index (Phi) is 8.29. The summed E-state index contributed by atoms with van der Waals surface area (Å²) in [5.41, 5.74) is 19.2. The molecule has 2 heteroatoms. The van der Waals surface area contributed by atoms with Gasteiger partial charge in [-0.15, -0.1) is 0 Å². The molecule has 13 rings (SSSR count). The summed E-state index contributed by atoms with van der Waals surface area (Å²) in [4.78, 5) is 10.1. The summed E-state index contributed by atoms with van der Waals surface area (Å²) in [6.45, 7) is 4.79. The van der Waals surface area contributed by atoms with Crippen LogP contribution < -0.4 is 0 Å². The fourth-order valence-electron chi connectivity index (χ4n) is 11.2. The van der Waals surface area contributed by atoms with Gasteiger partial charge in [-0.05, 0) is 123 Å². The molecule has 2 heterocycles. The largest absolute Gasteiger partial charge is 0.256 e. The van der Waals surface area contributed by atoms with Gasteiger partial charge in [-0.2, -0.15) is 0 Å². The van der Waals surface area contributed by atoms with Crippen LogP contribution in [-0.4, -0.2) is 9.97 Å². The number of aromatic nitrogens is 2. The van der Waals surface area contributed by atoms with E-state index in [1.165, 1.54) is 116 Å². The highest BCUT2D eigenvalue weighted by atomic mass is 14.7. The molecule has 1 aliphatic rings. The van der Waals surface area contributed by atoms with Gasteiger partial charge >= 0.3 is 0 Å². The lowest BCUT2D eigenvalue weighted by molar-refractivity contribution is 0.661. The van der Waals surface area contributed by atoms with Gasteiger partial charge in [0.15, 0.2) is 0 Å².